The highest BCUT2D eigenvalue weighted by Gasteiger charge is 2.12. The monoisotopic (exact) mass is 303 g/mol. The summed E-state index contributed by atoms with van der Waals surface area (Å²) < 4.78 is 5.19. The zero-order valence-corrected chi connectivity index (χ0v) is 12.9. The summed E-state index contributed by atoms with van der Waals surface area (Å²) in [5.41, 5.74) is 2.91. The molecule has 4 heteroatoms. The van der Waals surface area contributed by atoms with Gasteiger partial charge in [-0.05, 0) is 42.7 Å². The molecule has 21 heavy (non-hydrogen) atoms. The van der Waals surface area contributed by atoms with Crippen molar-refractivity contribution in [3.63, 3.8) is 0 Å². The second-order valence-electron chi connectivity index (χ2n) is 4.78. The fraction of sp³-hybridized carbons (Fsp3) is 0.235. The molecule has 0 aliphatic carbocycles. The molecule has 0 fully saturated rings. The van der Waals surface area contributed by atoms with Gasteiger partial charge < -0.3 is 10.1 Å². The highest BCUT2D eigenvalue weighted by atomic mass is 35.5. The van der Waals surface area contributed by atoms with Gasteiger partial charge in [-0.25, -0.2) is 0 Å². The van der Waals surface area contributed by atoms with Crippen LogP contribution in [0.25, 0.3) is 0 Å². The second kappa shape index (κ2) is 7.14. The number of rotatable bonds is 5. The van der Waals surface area contributed by atoms with Crippen molar-refractivity contribution in [2.45, 2.75) is 13.3 Å². The Kier molecular flexibility index (Phi) is 5.23. The summed E-state index contributed by atoms with van der Waals surface area (Å²) >= 11 is 5.93. The van der Waals surface area contributed by atoms with Gasteiger partial charge in [-0.1, -0.05) is 35.9 Å². The lowest BCUT2D eigenvalue weighted by atomic mass is 10.1. The van der Waals surface area contributed by atoms with Crippen LogP contribution in [0.5, 0.6) is 5.75 Å². The third-order valence-electron chi connectivity index (χ3n) is 3.35. The summed E-state index contributed by atoms with van der Waals surface area (Å²) in [5.74, 6) is 0.343. The Morgan fingerprint density at radius 1 is 1.24 bits per heavy atom. The predicted molar refractivity (Wildman–Crippen MR) is 85.2 cm³/mol. The number of benzene rings is 2. The van der Waals surface area contributed by atoms with E-state index in [0.717, 1.165) is 6.42 Å². The number of ether oxygens (including phenoxy) is 1. The molecule has 0 aliphatic heterocycles. The lowest BCUT2D eigenvalue weighted by Crippen LogP contribution is -2.26. The molecular weight excluding hydrogens is 286 g/mol. The molecule has 0 bridgehead atoms. The van der Waals surface area contributed by atoms with Crippen LogP contribution in [0.2, 0.25) is 5.02 Å². The molecule has 3 nitrogen and oxygen atoms in total. The summed E-state index contributed by atoms with van der Waals surface area (Å²) in [5, 5.41) is 3.41. The van der Waals surface area contributed by atoms with Crippen LogP contribution in [0.15, 0.2) is 42.5 Å². The Labute approximate surface area is 129 Å². The van der Waals surface area contributed by atoms with Gasteiger partial charge in [-0.3, -0.25) is 4.79 Å². The molecule has 1 N–H and O–H groups in total. The number of aryl methyl sites for hydroxylation is 1. The Morgan fingerprint density at radius 2 is 2.00 bits per heavy atom. The van der Waals surface area contributed by atoms with E-state index in [1.807, 2.05) is 12.1 Å². The lowest BCUT2D eigenvalue weighted by Gasteiger charge is -2.10. The quantitative estimate of drug-likeness (QED) is 0.916. The number of nitrogens with one attached hydrogen (secondary N) is 1. The normalized spacial score (nSPS) is 10.2. The molecule has 0 spiro atoms. The first-order valence-corrected chi connectivity index (χ1v) is 7.16. The Bertz CT molecular complexity index is 640. The molecule has 0 aliphatic rings. The first kappa shape index (κ1) is 15.4. The van der Waals surface area contributed by atoms with E-state index in [1.165, 1.54) is 18.2 Å². The molecule has 0 atom stereocenters. The Morgan fingerprint density at radius 3 is 2.71 bits per heavy atom. The molecule has 0 unspecified atom stereocenters. The number of hydrogen-bond donors (Lipinski definition) is 1. The van der Waals surface area contributed by atoms with E-state index in [2.05, 4.69) is 24.4 Å². The molecule has 0 radical (unpaired) electrons. The van der Waals surface area contributed by atoms with Gasteiger partial charge in [0.15, 0.2) is 0 Å². The number of methoxy groups -OCH3 is 1. The summed E-state index contributed by atoms with van der Waals surface area (Å²) in [6.45, 7) is 2.64. The minimum Gasteiger partial charge on any atom is -0.496 e. The fourth-order valence-electron chi connectivity index (χ4n) is 2.15. The zero-order chi connectivity index (χ0) is 15.2. The highest BCUT2D eigenvalue weighted by Crippen LogP contribution is 2.22. The van der Waals surface area contributed by atoms with Gasteiger partial charge in [-0.2, -0.15) is 0 Å². The van der Waals surface area contributed by atoms with E-state index >= 15 is 0 Å². The van der Waals surface area contributed by atoms with Crippen molar-refractivity contribution in [3.8, 4) is 5.75 Å². The van der Waals surface area contributed by atoms with E-state index in [9.17, 15) is 4.79 Å². The SMILES string of the molecule is COc1ccc(Cl)cc1C(=O)NCCc1ccccc1C. The van der Waals surface area contributed by atoms with Gasteiger partial charge in [0.1, 0.15) is 5.75 Å². The average Bonchev–Trinajstić information content (AvgIpc) is 2.49. The first-order valence-electron chi connectivity index (χ1n) is 6.78. The standard InChI is InChI=1S/C17H18ClNO2/c1-12-5-3-4-6-13(12)9-10-19-17(20)15-11-14(18)7-8-16(15)21-2/h3-8,11H,9-10H2,1-2H3,(H,19,20). The maximum absolute atomic E-state index is 12.2. The number of halogens is 1. The van der Waals surface area contributed by atoms with Crippen LogP contribution < -0.4 is 10.1 Å². The largest absolute Gasteiger partial charge is 0.496 e. The topological polar surface area (TPSA) is 38.3 Å². The van der Waals surface area contributed by atoms with Gasteiger partial charge in [-0.15, -0.1) is 0 Å². The van der Waals surface area contributed by atoms with Crippen LogP contribution in [-0.2, 0) is 6.42 Å². The molecule has 2 aromatic rings. The van der Waals surface area contributed by atoms with Crippen LogP contribution in [0.1, 0.15) is 21.5 Å². The van der Waals surface area contributed by atoms with Crippen molar-refractivity contribution in [2.75, 3.05) is 13.7 Å². The Balaban J connectivity index is 1.99. The summed E-state index contributed by atoms with van der Waals surface area (Å²) in [7, 11) is 1.54. The molecule has 1 amide bonds. The van der Waals surface area contributed by atoms with Crippen molar-refractivity contribution in [3.05, 3.63) is 64.2 Å². The van der Waals surface area contributed by atoms with Gasteiger partial charge in [0.05, 0.1) is 12.7 Å². The van der Waals surface area contributed by atoms with E-state index in [4.69, 9.17) is 16.3 Å². The minimum absolute atomic E-state index is 0.178. The molecule has 0 saturated carbocycles. The van der Waals surface area contributed by atoms with E-state index in [-0.39, 0.29) is 5.91 Å². The van der Waals surface area contributed by atoms with E-state index < -0.39 is 0 Å². The second-order valence-corrected chi connectivity index (χ2v) is 5.21. The van der Waals surface area contributed by atoms with Crippen LogP contribution in [-0.4, -0.2) is 19.6 Å². The van der Waals surface area contributed by atoms with Crippen LogP contribution >= 0.6 is 11.6 Å². The molecule has 2 aromatic carbocycles. The van der Waals surface area contributed by atoms with Gasteiger partial charge in [0, 0.05) is 11.6 Å². The van der Waals surface area contributed by atoms with Gasteiger partial charge >= 0.3 is 0 Å². The lowest BCUT2D eigenvalue weighted by molar-refractivity contribution is 0.0951. The molecule has 0 aromatic heterocycles. The molecule has 110 valence electrons. The van der Waals surface area contributed by atoms with Crippen molar-refractivity contribution < 1.29 is 9.53 Å². The van der Waals surface area contributed by atoms with Crippen LogP contribution in [0.4, 0.5) is 0 Å². The fourth-order valence-corrected chi connectivity index (χ4v) is 2.33. The third-order valence-corrected chi connectivity index (χ3v) is 3.58. The average molecular weight is 304 g/mol. The third kappa shape index (κ3) is 3.99. The first-order chi connectivity index (χ1) is 10.1. The van der Waals surface area contributed by atoms with Crippen molar-refractivity contribution in [1.82, 2.24) is 5.32 Å². The maximum atomic E-state index is 12.2. The number of amides is 1. The van der Waals surface area contributed by atoms with E-state index in [1.54, 1.807) is 18.2 Å². The van der Waals surface area contributed by atoms with Gasteiger partial charge in [0.25, 0.3) is 5.91 Å². The van der Waals surface area contributed by atoms with Crippen molar-refractivity contribution >= 4 is 17.5 Å². The smallest absolute Gasteiger partial charge is 0.255 e. The molecular formula is C17H18ClNO2. The highest BCUT2D eigenvalue weighted by molar-refractivity contribution is 6.31. The summed E-state index contributed by atoms with van der Waals surface area (Å²) in [4.78, 5) is 12.2. The predicted octanol–water partition coefficient (Wildman–Crippen LogP) is 3.63. The number of carbonyl (C=O) groups is 1. The van der Waals surface area contributed by atoms with E-state index in [0.29, 0.717) is 22.9 Å². The molecule has 0 saturated heterocycles. The minimum atomic E-state index is -0.178. The number of carbonyl (C=O) groups excluding carboxylic acids is 1. The van der Waals surface area contributed by atoms with Crippen LogP contribution in [0, 0.1) is 6.92 Å². The van der Waals surface area contributed by atoms with Crippen molar-refractivity contribution in [2.24, 2.45) is 0 Å². The molecule has 0 heterocycles. The molecule has 2 rings (SSSR count). The van der Waals surface area contributed by atoms with Crippen LogP contribution in [0.3, 0.4) is 0 Å². The van der Waals surface area contributed by atoms with Gasteiger partial charge in [0.2, 0.25) is 0 Å². The summed E-state index contributed by atoms with van der Waals surface area (Å²) in [6, 6.07) is 13.2. The Hall–Kier alpha value is -2.00. The maximum Gasteiger partial charge on any atom is 0.255 e. The summed E-state index contributed by atoms with van der Waals surface area (Å²) in [6.07, 6.45) is 0.793. The zero-order valence-electron chi connectivity index (χ0n) is 12.2. The van der Waals surface area contributed by atoms with Crippen molar-refractivity contribution in [1.29, 1.82) is 0 Å². The number of hydrogen-bond acceptors (Lipinski definition) is 2.